The fraction of sp³-hybridized carbons (Fsp3) is 0.0400. The molecule has 0 aromatic heterocycles. The SMILES string of the molecule is Oc1ccc(-c2cccc3c2C(c2ccc(O)cc2)c2ccccc2-3)cc1. The van der Waals surface area contributed by atoms with Crippen LogP contribution < -0.4 is 0 Å². The van der Waals surface area contributed by atoms with E-state index in [4.69, 9.17) is 0 Å². The Morgan fingerprint density at radius 1 is 0.519 bits per heavy atom. The maximum atomic E-state index is 9.72. The normalized spacial score (nSPS) is 14.6. The number of phenols is 2. The number of phenolic OH excluding ortho intramolecular Hbond substituents is 2. The minimum Gasteiger partial charge on any atom is -0.508 e. The van der Waals surface area contributed by atoms with Crippen molar-refractivity contribution in [2.75, 3.05) is 0 Å². The van der Waals surface area contributed by atoms with Crippen molar-refractivity contribution in [3.8, 4) is 33.8 Å². The van der Waals surface area contributed by atoms with Gasteiger partial charge >= 0.3 is 0 Å². The first kappa shape index (κ1) is 15.7. The van der Waals surface area contributed by atoms with Crippen molar-refractivity contribution in [3.63, 3.8) is 0 Å². The Labute approximate surface area is 158 Å². The van der Waals surface area contributed by atoms with E-state index in [9.17, 15) is 10.2 Å². The zero-order valence-corrected chi connectivity index (χ0v) is 14.6. The second-order valence-corrected chi connectivity index (χ2v) is 6.93. The number of aromatic hydroxyl groups is 2. The molecule has 5 rings (SSSR count). The molecular formula is C25H18O2. The van der Waals surface area contributed by atoms with Crippen molar-refractivity contribution < 1.29 is 10.2 Å². The quantitative estimate of drug-likeness (QED) is 0.414. The Kier molecular flexibility index (Phi) is 3.51. The summed E-state index contributed by atoms with van der Waals surface area (Å²) in [5.74, 6) is 0.656. The van der Waals surface area contributed by atoms with Gasteiger partial charge in [-0.2, -0.15) is 0 Å². The molecule has 0 radical (unpaired) electrons. The van der Waals surface area contributed by atoms with Crippen molar-refractivity contribution >= 4 is 0 Å². The summed E-state index contributed by atoms with van der Waals surface area (Å²) >= 11 is 0. The van der Waals surface area contributed by atoms with Crippen molar-refractivity contribution in [3.05, 3.63) is 108 Å². The molecule has 2 nitrogen and oxygen atoms in total. The van der Waals surface area contributed by atoms with E-state index in [0.717, 1.165) is 11.1 Å². The molecule has 1 unspecified atom stereocenters. The zero-order valence-electron chi connectivity index (χ0n) is 14.6. The molecule has 27 heavy (non-hydrogen) atoms. The summed E-state index contributed by atoms with van der Waals surface area (Å²) in [5.41, 5.74) is 8.47. The van der Waals surface area contributed by atoms with Crippen LogP contribution >= 0.6 is 0 Å². The Morgan fingerprint density at radius 3 is 1.85 bits per heavy atom. The average molecular weight is 350 g/mol. The minimum atomic E-state index is 0.113. The van der Waals surface area contributed by atoms with Gasteiger partial charge in [0.25, 0.3) is 0 Å². The molecule has 0 saturated carbocycles. The Morgan fingerprint density at radius 2 is 1.11 bits per heavy atom. The van der Waals surface area contributed by atoms with Crippen LogP contribution in [0.15, 0.2) is 91.0 Å². The average Bonchev–Trinajstić information content (AvgIpc) is 3.04. The first-order valence-corrected chi connectivity index (χ1v) is 9.03. The molecule has 0 spiro atoms. The fourth-order valence-electron chi connectivity index (χ4n) is 4.17. The first-order chi connectivity index (χ1) is 13.2. The highest BCUT2D eigenvalue weighted by Gasteiger charge is 2.31. The van der Waals surface area contributed by atoms with Gasteiger partial charge in [-0.05, 0) is 63.2 Å². The molecule has 2 N–H and O–H groups in total. The number of hydrogen-bond acceptors (Lipinski definition) is 2. The summed E-state index contributed by atoms with van der Waals surface area (Å²) in [6.45, 7) is 0. The molecular weight excluding hydrogens is 332 g/mol. The Balaban J connectivity index is 1.79. The summed E-state index contributed by atoms with van der Waals surface area (Å²) in [4.78, 5) is 0. The van der Waals surface area contributed by atoms with Gasteiger partial charge in [-0.25, -0.2) is 0 Å². The van der Waals surface area contributed by atoms with E-state index in [2.05, 4.69) is 42.5 Å². The standard InChI is InChI=1S/C25H18O2/c26-18-12-8-16(9-13-18)20-6-3-7-23-21-4-1-2-5-22(21)24(25(20)23)17-10-14-19(27)15-11-17/h1-15,24,26-27H. The van der Waals surface area contributed by atoms with Crippen molar-refractivity contribution in [2.45, 2.75) is 5.92 Å². The third-order valence-corrected chi connectivity index (χ3v) is 5.36. The third-order valence-electron chi connectivity index (χ3n) is 5.36. The van der Waals surface area contributed by atoms with Crippen LogP contribution in [0.1, 0.15) is 22.6 Å². The Bertz CT molecular complexity index is 1130. The van der Waals surface area contributed by atoms with Gasteiger partial charge in [0, 0.05) is 5.92 Å². The van der Waals surface area contributed by atoms with Gasteiger partial charge in [0.2, 0.25) is 0 Å². The van der Waals surface area contributed by atoms with Crippen LogP contribution in [0.2, 0.25) is 0 Å². The van der Waals surface area contributed by atoms with Gasteiger partial charge in [-0.15, -0.1) is 0 Å². The molecule has 0 heterocycles. The lowest BCUT2D eigenvalue weighted by Gasteiger charge is -2.18. The van der Waals surface area contributed by atoms with E-state index in [0.29, 0.717) is 0 Å². The maximum Gasteiger partial charge on any atom is 0.115 e. The predicted octanol–water partition coefficient (Wildman–Crippen LogP) is 5.93. The monoisotopic (exact) mass is 350 g/mol. The third kappa shape index (κ3) is 2.49. The molecule has 1 aliphatic rings. The smallest absolute Gasteiger partial charge is 0.115 e. The zero-order chi connectivity index (χ0) is 18.4. The second kappa shape index (κ2) is 6.03. The molecule has 0 amide bonds. The highest BCUT2D eigenvalue weighted by atomic mass is 16.3. The second-order valence-electron chi connectivity index (χ2n) is 6.93. The molecule has 2 heteroatoms. The Hall–Kier alpha value is -3.52. The minimum absolute atomic E-state index is 0.113. The molecule has 4 aromatic carbocycles. The lowest BCUT2D eigenvalue weighted by Crippen LogP contribution is -2.01. The molecule has 4 aromatic rings. The van der Waals surface area contributed by atoms with Gasteiger partial charge in [0.05, 0.1) is 0 Å². The van der Waals surface area contributed by atoms with Crippen molar-refractivity contribution in [1.82, 2.24) is 0 Å². The lowest BCUT2D eigenvalue weighted by molar-refractivity contribution is 0.474. The first-order valence-electron chi connectivity index (χ1n) is 9.03. The van der Waals surface area contributed by atoms with Crippen LogP contribution in [0.25, 0.3) is 22.3 Å². The predicted molar refractivity (Wildman–Crippen MR) is 108 cm³/mol. The van der Waals surface area contributed by atoms with E-state index < -0.39 is 0 Å². The van der Waals surface area contributed by atoms with Crippen molar-refractivity contribution in [2.24, 2.45) is 0 Å². The highest BCUT2D eigenvalue weighted by molar-refractivity contribution is 5.88. The molecule has 1 atom stereocenters. The van der Waals surface area contributed by atoms with Gasteiger partial charge in [-0.3, -0.25) is 0 Å². The lowest BCUT2D eigenvalue weighted by atomic mass is 9.85. The molecule has 130 valence electrons. The molecule has 0 saturated heterocycles. The summed E-state index contributed by atoms with van der Waals surface area (Å²) in [6, 6.07) is 29.8. The molecule has 0 aliphatic heterocycles. The molecule has 0 fully saturated rings. The summed E-state index contributed by atoms with van der Waals surface area (Å²) in [6.07, 6.45) is 0. The van der Waals surface area contributed by atoms with Crippen LogP contribution in [0, 0.1) is 0 Å². The largest absolute Gasteiger partial charge is 0.508 e. The van der Waals surface area contributed by atoms with Gasteiger partial charge in [0.1, 0.15) is 11.5 Å². The fourth-order valence-corrected chi connectivity index (χ4v) is 4.17. The molecule has 1 aliphatic carbocycles. The van der Waals surface area contributed by atoms with Crippen LogP contribution in [-0.2, 0) is 0 Å². The number of fused-ring (bicyclic) bond motifs is 3. The summed E-state index contributed by atoms with van der Waals surface area (Å²) in [7, 11) is 0. The maximum absolute atomic E-state index is 9.72. The van der Waals surface area contributed by atoms with E-state index in [-0.39, 0.29) is 17.4 Å². The highest BCUT2D eigenvalue weighted by Crippen LogP contribution is 2.51. The van der Waals surface area contributed by atoms with E-state index in [1.54, 1.807) is 24.3 Å². The van der Waals surface area contributed by atoms with Gasteiger partial charge in [-0.1, -0.05) is 66.7 Å². The van der Waals surface area contributed by atoms with Crippen LogP contribution in [-0.4, -0.2) is 10.2 Å². The topological polar surface area (TPSA) is 40.5 Å². The van der Waals surface area contributed by atoms with Crippen LogP contribution in [0.4, 0.5) is 0 Å². The van der Waals surface area contributed by atoms with Crippen LogP contribution in [0.5, 0.6) is 11.5 Å². The number of benzene rings is 4. The summed E-state index contributed by atoms with van der Waals surface area (Å²) < 4.78 is 0. The number of hydrogen-bond donors (Lipinski definition) is 2. The summed E-state index contributed by atoms with van der Waals surface area (Å²) in [5, 5.41) is 19.4. The molecule has 0 bridgehead atoms. The van der Waals surface area contributed by atoms with E-state index >= 15 is 0 Å². The van der Waals surface area contributed by atoms with Gasteiger partial charge in [0.15, 0.2) is 0 Å². The van der Waals surface area contributed by atoms with Crippen LogP contribution in [0.3, 0.4) is 0 Å². The van der Waals surface area contributed by atoms with E-state index in [1.807, 2.05) is 24.3 Å². The van der Waals surface area contributed by atoms with E-state index in [1.165, 1.54) is 27.8 Å². The van der Waals surface area contributed by atoms with Gasteiger partial charge < -0.3 is 10.2 Å². The van der Waals surface area contributed by atoms with Crippen molar-refractivity contribution in [1.29, 1.82) is 0 Å². The number of rotatable bonds is 2.